The normalized spacial score (nSPS) is 22.3. The maximum absolute atomic E-state index is 15.5. The molecule has 8 heterocycles. The van der Waals surface area contributed by atoms with Crippen molar-refractivity contribution in [1.82, 2.24) is 77.3 Å². The van der Waals surface area contributed by atoms with Gasteiger partial charge in [0.1, 0.15) is 54.6 Å². The monoisotopic (exact) mass is 1500 g/mol. The Kier molecular flexibility index (Phi) is 25.8. The average molecular weight is 1500 g/mol. The van der Waals surface area contributed by atoms with Crippen LogP contribution in [0.1, 0.15) is 133 Å². The molecular weight excluding hydrogens is 1400 g/mol. The van der Waals surface area contributed by atoms with Crippen molar-refractivity contribution in [3.63, 3.8) is 0 Å². The van der Waals surface area contributed by atoms with Gasteiger partial charge in [0.05, 0.1) is 42.3 Å². The number of ketones is 2. The fourth-order valence-corrected chi connectivity index (χ4v) is 14.6. The molecule has 6 amide bonds. The second kappa shape index (κ2) is 35.5. The Morgan fingerprint density at radius 2 is 1.10 bits per heavy atom. The van der Waals surface area contributed by atoms with Gasteiger partial charge >= 0.3 is 5.97 Å². The number of nitrogens with one attached hydrogen (secondary N) is 7. The first kappa shape index (κ1) is 80.0. The first-order valence-electron chi connectivity index (χ1n) is 37.7. The maximum atomic E-state index is 15.5. The number of tetrazole rings is 1. The fraction of sp³-hybridized carbons (Fsp3) is 0.446. The molecule has 0 spiro atoms. The zero-order valence-electron chi connectivity index (χ0n) is 64.1. The quantitative estimate of drug-likeness (QED) is 0.0495. The molecule has 8 N–H and O–H groups in total. The molecule has 2 fully saturated rings. The van der Waals surface area contributed by atoms with Gasteiger partial charge in [-0.15, -0.1) is 10.2 Å². The Morgan fingerprint density at radius 1 is 0.591 bits per heavy atom. The number of carboxylic acids is 1. The predicted octanol–water partition coefficient (Wildman–Crippen LogP) is 7.30. The number of hydrogen-bond donors (Lipinski definition) is 8. The maximum Gasteiger partial charge on any atom is 0.307 e. The van der Waals surface area contributed by atoms with Crippen molar-refractivity contribution >= 4 is 74.5 Å². The van der Waals surface area contributed by atoms with E-state index >= 15 is 24.0 Å². The minimum atomic E-state index is -1.23. The number of Topliss-reactive ketones (excluding diaryl/α,β-unsaturated/α-hetero) is 2. The number of carbonyl (C=O) groups excluding carboxylic acids is 8. The molecule has 110 heavy (non-hydrogen) atoms. The molecular formula is C83H101N15O12. The zero-order chi connectivity index (χ0) is 78.6. The molecule has 8 aromatic rings. The number of rotatable bonds is 14. The number of allylic oxidation sites excluding steroid dienone is 1. The zero-order valence-corrected chi connectivity index (χ0v) is 64.1. The van der Waals surface area contributed by atoms with Gasteiger partial charge in [0, 0.05) is 38.3 Å². The van der Waals surface area contributed by atoms with Gasteiger partial charge in [-0.05, 0) is 162 Å². The molecule has 0 radical (unpaired) electrons. The highest BCUT2D eigenvalue weighted by molar-refractivity contribution is 5.98. The number of H-pyrrole nitrogens is 1. The van der Waals surface area contributed by atoms with E-state index in [4.69, 9.17) is 9.47 Å². The van der Waals surface area contributed by atoms with E-state index in [1.54, 1.807) is 63.1 Å². The topological polar surface area (TPSA) is 356 Å². The second-order valence-electron chi connectivity index (χ2n) is 31.6. The van der Waals surface area contributed by atoms with E-state index in [1.807, 2.05) is 163 Å². The number of aliphatic carboxylic acids is 1. The number of carbonyl (C=O) groups is 9. The molecule has 6 aliphatic heterocycles. The van der Waals surface area contributed by atoms with Crippen LogP contribution in [0.25, 0.3) is 21.5 Å². The summed E-state index contributed by atoms with van der Waals surface area (Å²) in [6, 6.07) is 32.7. The summed E-state index contributed by atoms with van der Waals surface area (Å²) in [4.78, 5) is 135. The average Bonchev–Trinajstić information content (AvgIpc) is 1.61. The lowest BCUT2D eigenvalue weighted by molar-refractivity contribution is -0.145. The Hall–Kier alpha value is -11.1. The summed E-state index contributed by atoms with van der Waals surface area (Å²) in [5.41, 5.74) is 1.64. The van der Waals surface area contributed by atoms with Gasteiger partial charge in [-0.2, -0.15) is 0 Å². The molecule has 2 saturated heterocycles. The molecule has 6 aliphatic rings. The van der Waals surface area contributed by atoms with Gasteiger partial charge in [0.25, 0.3) is 0 Å². The number of fused-ring (bicyclic) bond motifs is 2. The van der Waals surface area contributed by atoms with E-state index in [9.17, 15) is 24.3 Å². The molecule has 14 rings (SSSR count). The number of aromatic nitrogens is 7. The minimum Gasteiger partial charge on any atom is -0.490 e. The second-order valence-corrected chi connectivity index (χ2v) is 31.6. The van der Waals surface area contributed by atoms with Crippen LogP contribution in [0.5, 0.6) is 11.5 Å². The van der Waals surface area contributed by atoms with Crippen molar-refractivity contribution in [2.24, 2.45) is 22.7 Å². The van der Waals surface area contributed by atoms with Crippen LogP contribution in [0.3, 0.4) is 0 Å². The summed E-state index contributed by atoms with van der Waals surface area (Å²) in [7, 11) is 3.28. The number of ether oxygens (including phenoxy) is 2. The third-order valence-electron chi connectivity index (χ3n) is 21.3. The lowest BCUT2D eigenvalue weighted by atomic mass is 9.85. The number of likely N-dealkylation sites (tertiary alicyclic amines) is 2. The Morgan fingerprint density at radius 3 is 1.62 bits per heavy atom. The summed E-state index contributed by atoms with van der Waals surface area (Å²) >= 11 is 0. The fourth-order valence-electron chi connectivity index (χ4n) is 14.6. The van der Waals surface area contributed by atoms with Crippen molar-refractivity contribution in [1.29, 1.82) is 0 Å². The van der Waals surface area contributed by atoms with E-state index in [1.165, 1.54) is 9.80 Å². The smallest absolute Gasteiger partial charge is 0.307 e. The standard InChI is InChI=1S/C83H101N15O12/c1-49(84-9)75(101)88-72(82(3,4)5)79(105)96-45-55-17-15-16-34-109-64-30-24-51(25-31-64)35-60(74-91-93-94-92-74)42-70(99)66(39-53-22-28-56-18-11-13-20-58(56)37-53)87-78(104)69-44-63(47-97(69)80(106)73(83(6,7)8)89-76(102)50(2)85-10)98-46-62(90-95-98)48-110-65-32-26-52(27-33-65)36-61(81(107)108)43-71(100)67(86-77(103)68(96)41-55)40-54-23-29-57-19-12-14-21-59(57)38-54/h11-16,18-33,37-38,46,49-50,55,60-61,63,66-69,72-73,84-85H,17,34-36,39-45,47-48H2,1-10H3,(H,86,103)(H,87,104)(H,88,101)(H,89,102)(H,107,108)(H,91,92,93,94)/b16-15+/t49-,50-,55-,60+,61+,63-,66?,67-,68-,69-,72+,73+/m0/s1. The molecule has 2 aromatic heterocycles. The molecule has 0 saturated carbocycles. The Bertz CT molecular complexity index is 4630. The van der Waals surface area contributed by atoms with Crippen molar-refractivity contribution in [3.8, 4) is 11.5 Å². The minimum absolute atomic E-state index is 0.0158. The number of nitrogens with zero attached hydrogens (tertiary/aromatic N) is 8. The van der Waals surface area contributed by atoms with Crippen molar-refractivity contribution in [2.75, 3.05) is 33.8 Å². The highest BCUT2D eigenvalue weighted by atomic mass is 16.5. The van der Waals surface area contributed by atoms with Crippen LogP contribution in [-0.4, -0.2) is 186 Å². The first-order valence-corrected chi connectivity index (χ1v) is 37.7. The largest absolute Gasteiger partial charge is 0.490 e. The number of amides is 6. The van der Waals surface area contributed by atoms with Crippen LogP contribution in [0.15, 0.2) is 152 Å². The molecule has 6 aromatic carbocycles. The number of likely N-dealkylation sites (N-methyl/N-ethyl adjacent to an activating group) is 2. The van der Waals surface area contributed by atoms with Gasteiger partial charge in [-0.25, -0.2) is 9.78 Å². The van der Waals surface area contributed by atoms with E-state index < -0.39 is 131 Å². The molecule has 580 valence electrons. The lowest BCUT2D eigenvalue weighted by Crippen LogP contribution is -2.60. The number of carboxylic acid groups (broad SMARTS) is 1. The van der Waals surface area contributed by atoms with Crippen LogP contribution in [-0.2, 0) is 75.4 Å². The summed E-state index contributed by atoms with van der Waals surface area (Å²) < 4.78 is 14.0. The van der Waals surface area contributed by atoms with Gasteiger partial charge in [0.2, 0.25) is 35.4 Å². The molecule has 0 aliphatic carbocycles. The highest BCUT2D eigenvalue weighted by Crippen LogP contribution is 2.35. The van der Waals surface area contributed by atoms with Crippen LogP contribution < -0.4 is 41.4 Å². The third-order valence-corrected chi connectivity index (χ3v) is 21.3. The molecule has 10 bridgehead atoms. The molecule has 12 atom stereocenters. The number of aromatic amines is 1. The van der Waals surface area contributed by atoms with Crippen molar-refractivity contribution < 1.29 is 57.7 Å². The first-order chi connectivity index (χ1) is 52.6. The van der Waals surface area contributed by atoms with Crippen molar-refractivity contribution in [3.05, 3.63) is 186 Å². The lowest BCUT2D eigenvalue weighted by Gasteiger charge is -2.36. The Balaban J connectivity index is 0.914. The van der Waals surface area contributed by atoms with E-state index in [0.717, 1.165) is 38.2 Å². The van der Waals surface area contributed by atoms with E-state index in [0.29, 0.717) is 41.4 Å². The van der Waals surface area contributed by atoms with Crippen LogP contribution >= 0.6 is 0 Å². The van der Waals surface area contributed by atoms with Crippen LogP contribution in [0.4, 0.5) is 0 Å². The molecule has 27 nitrogen and oxygen atoms in total. The molecule has 27 heteroatoms. The third kappa shape index (κ3) is 20.2. The molecule has 1 unspecified atom stereocenters. The van der Waals surface area contributed by atoms with E-state index in [2.05, 4.69) is 62.8 Å². The Labute approximate surface area is 640 Å². The highest BCUT2D eigenvalue weighted by Gasteiger charge is 2.48. The SMILES string of the molecule is CN[C@@H](C)C(=O)N[C@H](C(=O)N1C[C@@H]2C[C@H]1C(=O)NC(Cc1ccc3ccccc3c1)C(=O)C[C@H](c1nnn[nH]1)Cc1ccc(cc1)OC/C=C/C[C@H]1C[C@@H](C(=O)N[C@@H](Cc3ccc4ccccc4c3)C(=O)C[C@H](C(=O)O)Cc3ccc(cc3)OCc3cn2nn3)N(C(=O)[C@@H](NC(=O)[C@H](C)NC)C(C)(C)C)C1)C(C)(C)C. The van der Waals surface area contributed by atoms with Gasteiger partial charge in [-0.1, -0.05) is 168 Å². The van der Waals surface area contributed by atoms with Crippen LogP contribution in [0.2, 0.25) is 0 Å². The van der Waals surface area contributed by atoms with E-state index in [-0.39, 0.29) is 76.5 Å². The van der Waals surface area contributed by atoms with Gasteiger partial charge in [0.15, 0.2) is 17.4 Å². The number of benzene rings is 6. The predicted molar refractivity (Wildman–Crippen MR) is 413 cm³/mol. The number of hydrogen-bond acceptors (Lipinski definition) is 18. The van der Waals surface area contributed by atoms with Gasteiger partial charge in [-0.3, -0.25) is 43.2 Å². The van der Waals surface area contributed by atoms with Crippen LogP contribution in [0, 0.1) is 22.7 Å². The van der Waals surface area contributed by atoms with Gasteiger partial charge < -0.3 is 56.3 Å². The summed E-state index contributed by atoms with van der Waals surface area (Å²) in [6.45, 7) is 14.6. The summed E-state index contributed by atoms with van der Waals surface area (Å²) in [5, 5.41) is 56.4. The van der Waals surface area contributed by atoms with Crippen molar-refractivity contribution in [2.45, 2.75) is 180 Å². The summed E-state index contributed by atoms with van der Waals surface area (Å²) in [6.07, 6.45) is 5.89. The summed E-state index contributed by atoms with van der Waals surface area (Å²) in [5.74, 6) is -5.86.